The molecule has 16 heteroatoms. The van der Waals surface area contributed by atoms with Crippen molar-refractivity contribution in [2.24, 2.45) is 11.8 Å². The minimum Gasteiger partial charge on any atom is -0.507 e. The number of hydrogen-bond acceptors (Lipinski definition) is 15. The van der Waals surface area contributed by atoms with Crippen molar-refractivity contribution in [2.45, 2.75) is 68.6 Å². The minimum absolute atomic E-state index is 0.128. The van der Waals surface area contributed by atoms with Gasteiger partial charge in [0, 0.05) is 11.6 Å². The van der Waals surface area contributed by atoms with Crippen LogP contribution < -0.4 is 11.1 Å². The molecule has 5 unspecified atom stereocenters. The number of hydrogen-bond donors (Lipinski definition) is 9. The van der Waals surface area contributed by atoms with Gasteiger partial charge in [0.05, 0.1) is 45.5 Å². The van der Waals surface area contributed by atoms with Crippen molar-refractivity contribution in [3.63, 3.8) is 0 Å². The summed E-state index contributed by atoms with van der Waals surface area (Å²) in [5.41, 5.74) is 5.77. The highest BCUT2D eigenvalue weighted by atomic mass is 16.7. The number of aromatic hydroxyl groups is 1. The number of anilines is 1. The number of rotatable bonds is 12. The van der Waals surface area contributed by atoms with Gasteiger partial charge in [0.1, 0.15) is 41.8 Å². The number of phenolic OH excluding ortho intramolecular Hbond substituents is 1. The number of quaternary nitrogens is 1. The van der Waals surface area contributed by atoms with E-state index in [0.29, 0.717) is 6.42 Å². The van der Waals surface area contributed by atoms with Gasteiger partial charge >= 0.3 is 11.9 Å². The monoisotopic (exact) mass is 605 g/mol. The van der Waals surface area contributed by atoms with E-state index in [1.165, 1.54) is 18.2 Å². The van der Waals surface area contributed by atoms with Crippen LogP contribution >= 0.6 is 0 Å². The highest BCUT2D eigenvalue weighted by Crippen LogP contribution is 2.28. The molecular formula is C26H41N2O14+. The fourth-order valence-electron chi connectivity index (χ4n) is 4.78. The van der Waals surface area contributed by atoms with Crippen LogP contribution in [0.25, 0.3) is 0 Å². The van der Waals surface area contributed by atoms with Gasteiger partial charge in [0.25, 0.3) is 0 Å². The van der Waals surface area contributed by atoms with Crippen molar-refractivity contribution in [3.8, 4) is 5.75 Å². The van der Waals surface area contributed by atoms with E-state index in [1.54, 1.807) is 19.3 Å². The molecule has 0 bridgehead atoms. The van der Waals surface area contributed by atoms with Crippen LogP contribution in [0.1, 0.15) is 23.7 Å². The molecule has 2 saturated heterocycles. The fourth-order valence-corrected chi connectivity index (χ4v) is 4.78. The van der Waals surface area contributed by atoms with Crippen molar-refractivity contribution in [3.05, 3.63) is 23.8 Å². The van der Waals surface area contributed by atoms with Crippen molar-refractivity contribution < 1.29 is 74.3 Å². The predicted molar refractivity (Wildman–Crippen MR) is 139 cm³/mol. The molecule has 42 heavy (non-hydrogen) atoms. The first kappa shape index (κ1) is 33.9. The lowest BCUT2D eigenvalue weighted by molar-refractivity contribution is -0.694. The van der Waals surface area contributed by atoms with Crippen LogP contribution in [0.3, 0.4) is 0 Å². The molecule has 2 heterocycles. The molecule has 11 N–H and O–H groups in total. The second-order valence-electron chi connectivity index (χ2n) is 10.3. The van der Waals surface area contributed by atoms with E-state index in [9.17, 15) is 45.3 Å². The molecular weight excluding hydrogens is 564 g/mol. The van der Waals surface area contributed by atoms with Crippen molar-refractivity contribution in [2.75, 3.05) is 39.2 Å². The normalized spacial score (nSPS) is 34.0. The molecule has 2 fully saturated rings. The topological polar surface area (TPSA) is 265 Å². The minimum atomic E-state index is -1.87. The summed E-state index contributed by atoms with van der Waals surface area (Å²) in [4.78, 5) is 25.2. The molecule has 2 aliphatic rings. The Hall–Kier alpha value is -2.64. The summed E-state index contributed by atoms with van der Waals surface area (Å²) in [6.45, 7) is 0.399. The lowest BCUT2D eigenvalue weighted by atomic mass is 9.88. The first-order chi connectivity index (χ1) is 19.9. The van der Waals surface area contributed by atoms with Gasteiger partial charge in [-0.3, -0.25) is 0 Å². The van der Waals surface area contributed by atoms with Crippen LogP contribution in [0.15, 0.2) is 18.2 Å². The molecule has 0 aliphatic carbocycles. The number of aliphatic hydroxyl groups excluding tert-OH is 6. The van der Waals surface area contributed by atoms with Crippen molar-refractivity contribution in [1.82, 2.24) is 0 Å². The number of aliphatic hydroxyl groups is 6. The molecule has 11 atom stereocenters. The molecule has 0 saturated carbocycles. The Balaban J connectivity index is 1.58. The summed E-state index contributed by atoms with van der Waals surface area (Å²) in [5, 5.41) is 72.9. The summed E-state index contributed by atoms with van der Waals surface area (Å²) in [5.74, 6) is -3.52. The Morgan fingerprint density at radius 2 is 1.71 bits per heavy atom. The number of benzene rings is 1. The molecule has 0 amide bonds. The van der Waals surface area contributed by atoms with Gasteiger partial charge in [0.2, 0.25) is 6.29 Å². The maximum Gasteiger partial charge on any atom is 0.341 e. The lowest BCUT2D eigenvalue weighted by Crippen LogP contribution is -2.93. The number of carbonyl (C=O) groups is 2. The third kappa shape index (κ3) is 7.84. The first-order valence-corrected chi connectivity index (χ1v) is 13.6. The number of nitrogens with two attached hydrogens (primary N) is 2. The van der Waals surface area contributed by atoms with Crippen molar-refractivity contribution in [1.29, 1.82) is 0 Å². The largest absolute Gasteiger partial charge is 0.507 e. The number of nitrogen functional groups attached to an aromatic ring is 1. The van der Waals surface area contributed by atoms with Crippen LogP contribution in [-0.4, -0.2) is 136 Å². The lowest BCUT2D eigenvalue weighted by Gasteiger charge is -2.42. The smallest absolute Gasteiger partial charge is 0.341 e. The van der Waals surface area contributed by atoms with Crippen LogP contribution in [0.5, 0.6) is 5.75 Å². The first-order valence-electron chi connectivity index (χ1n) is 13.6. The van der Waals surface area contributed by atoms with E-state index in [4.69, 9.17) is 29.4 Å². The van der Waals surface area contributed by atoms with E-state index in [0.717, 1.165) is 0 Å². The van der Waals surface area contributed by atoms with Crippen LogP contribution in [0.2, 0.25) is 0 Å². The molecule has 3 rings (SSSR count). The summed E-state index contributed by atoms with van der Waals surface area (Å²) < 4.78 is 26.7. The van der Waals surface area contributed by atoms with Gasteiger partial charge in [0.15, 0.2) is 12.4 Å². The molecule has 238 valence electrons. The zero-order chi connectivity index (χ0) is 31.1. The third-order valence-electron chi connectivity index (χ3n) is 7.51. The molecule has 1 aromatic rings. The van der Waals surface area contributed by atoms with Gasteiger partial charge < -0.3 is 70.5 Å². The highest BCUT2D eigenvalue weighted by molar-refractivity contribution is 5.93. The molecule has 0 spiro atoms. The summed E-state index contributed by atoms with van der Waals surface area (Å²) >= 11 is 0. The van der Waals surface area contributed by atoms with Gasteiger partial charge in [-0.1, -0.05) is 6.92 Å². The van der Waals surface area contributed by atoms with Gasteiger partial charge in [-0.2, -0.15) is 0 Å². The van der Waals surface area contributed by atoms with E-state index in [2.05, 4.69) is 0 Å². The number of phenols is 1. The SMILES string of the molecule is CCC(COC(=O)c1cc(N)ccc1O)COC(=O)C1O[C@@H](OC[C@H]2C([NH2+]C)[C@H](O)OC(CO)[C@@H]2O)C(O)[C@H](O)[C@@H]1O. The maximum absolute atomic E-state index is 12.8. The number of carbonyl (C=O) groups excluding carboxylic acids is 2. The Labute approximate surface area is 241 Å². The average molecular weight is 606 g/mol. The zero-order valence-corrected chi connectivity index (χ0v) is 23.3. The average Bonchev–Trinajstić information content (AvgIpc) is 2.97. The Bertz CT molecular complexity index is 1050. The maximum atomic E-state index is 12.8. The summed E-state index contributed by atoms with van der Waals surface area (Å²) in [6.07, 6.45) is -12.2. The molecule has 0 aromatic heterocycles. The Kier molecular flexibility index (Phi) is 12.2. The molecule has 16 nitrogen and oxygen atoms in total. The zero-order valence-electron chi connectivity index (χ0n) is 23.3. The molecule has 1 aromatic carbocycles. The summed E-state index contributed by atoms with van der Waals surface area (Å²) in [6, 6.07) is 3.21. The summed E-state index contributed by atoms with van der Waals surface area (Å²) in [7, 11) is 1.63. The molecule has 0 radical (unpaired) electrons. The Morgan fingerprint density at radius 3 is 2.36 bits per heavy atom. The standard InChI is InChI=1S/C26H40N2O14/c1-3-11(8-38-23(35)13-6-12(27)4-5-15(13)30)9-39-25(37)22-20(33)19(32)21(34)26(42-22)40-10-14-17(28-2)24(36)41-16(7-29)18(14)31/h4-6,11,14,16-22,24,26,28-34,36H,3,7-10,27H2,1-2H3/p+1/t11?,14-,16?,17?,18+,19+,20-,21?,22?,24+,26+/m0/s1. The predicted octanol–water partition coefficient (Wildman–Crippen LogP) is -4.23. The van der Waals surface area contributed by atoms with Gasteiger partial charge in [-0.25, -0.2) is 9.59 Å². The second kappa shape index (κ2) is 15.2. The van der Waals surface area contributed by atoms with Crippen LogP contribution in [0, 0.1) is 11.8 Å². The third-order valence-corrected chi connectivity index (χ3v) is 7.51. The van der Waals surface area contributed by atoms with Crippen molar-refractivity contribution >= 4 is 17.6 Å². The van der Waals surface area contributed by atoms with Gasteiger partial charge in [-0.05, 0) is 24.6 Å². The second-order valence-corrected chi connectivity index (χ2v) is 10.3. The van der Waals surface area contributed by atoms with Gasteiger partial charge in [-0.15, -0.1) is 0 Å². The molecule has 2 aliphatic heterocycles. The number of esters is 2. The van der Waals surface area contributed by atoms with E-state index >= 15 is 0 Å². The van der Waals surface area contributed by atoms with E-state index in [1.807, 2.05) is 0 Å². The fraction of sp³-hybridized carbons (Fsp3) is 0.692. The number of likely N-dealkylation sites (N-methyl/N-ethyl adjacent to an activating group) is 1. The number of ether oxygens (including phenoxy) is 5. The van der Waals surface area contributed by atoms with E-state index < -0.39 is 85.6 Å². The van der Waals surface area contributed by atoms with E-state index in [-0.39, 0.29) is 36.8 Å². The Morgan fingerprint density at radius 1 is 1.02 bits per heavy atom. The van der Waals surface area contributed by atoms with Crippen LogP contribution in [-0.2, 0) is 28.5 Å². The quantitative estimate of drug-likeness (QED) is 0.0621. The highest BCUT2D eigenvalue weighted by Gasteiger charge is 2.50. The van der Waals surface area contributed by atoms with Crippen LogP contribution in [0.4, 0.5) is 5.69 Å².